The number of amides is 2. The molecule has 1 aromatic heterocycles. The number of rotatable bonds is 2. The standard InChI is InChI=1S/C15H21N3O2/c1-10(11-7-5-6-8-16-11)18-9-12(19)17-13(14(18)20)15(2,3)4/h5-8,10,13H,9H2,1-4H3,(H,17,19). The molecule has 2 rings (SSSR count). The molecule has 0 spiro atoms. The third-order valence-electron chi connectivity index (χ3n) is 3.60. The third-order valence-corrected chi connectivity index (χ3v) is 3.60. The molecule has 1 aliphatic heterocycles. The van der Waals surface area contributed by atoms with Gasteiger partial charge in [-0.2, -0.15) is 0 Å². The molecule has 0 radical (unpaired) electrons. The van der Waals surface area contributed by atoms with Crippen LogP contribution in [0, 0.1) is 5.41 Å². The normalized spacial score (nSPS) is 21.6. The number of hydrogen-bond acceptors (Lipinski definition) is 3. The lowest BCUT2D eigenvalue weighted by molar-refractivity contribution is -0.149. The van der Waals surface area contributed by atoms with Crippen LogP contribution in [0.3, 0.4) is 0 Å². The van der Waals surface area contributed by atoms with E-state index in [9.17, 15) is 9.59 Å². The number of nitrogens with zero attached hydrogens (tertiary/aromatic N) is 2. The van der Waals surface area contributed by atoms with Crippen molar-refractivity contribution in [3.8, 4) is 0 Å². The van der Waals surface area contributed by atoms with Crippen LogP contribution in [0.5, 0.6) is 0 Å². The summed E-state index contributed by atoms with van der Waals surface area (Å²) >= 11 is 0. The molecule has 1 aromatic rings. The van der Waals surface area contributed by atoms with E-state index in [2.05, 4.69) is 10.3 Å². The van der Waals surface area contributed by atoms with E-state index in [0.717, 1.165) is 5.69 Å². The summed E-state index contributed by atoms with van der Waals surface area (Å²) in [6, 6.07) is 4.89. The number of carbonyl (C=O) groups is 2. The molecule has 0 bridgehead atoms. The zero-order valence-electron chi connectivity index (χ0n) is 12.4. The SMILES string of the molecule is CC(c1ccccn1)N1CC(=O)NC(C(C)(C)C)C1=O. The van der Waals surface area contributed by atoms with E-state index < -0.39 is 6.04 Å². The highest BCUT2D eigenvalue weighted by Crippen LogP contribution is 2.27. The summed E-state index contributed by atoms with van der Waals surface area (Å²) in [7, 11) is 0. The average Bonchev–Trinajstić information content (AvgIpc) is 2.40. The van der Waals surface area contributed by atoms with Crippen LogP contribution >= 0.6 is 0 Å². The Morgan fingerprint density at radius 3 is 2.60 bits per heavy atom. The van der Waals surface area contributed by atoms with Gasteiger partial charge in [-0.15, -0.1) is 0 Å². The first kappa shape index (κ1) is 14.5. The van der Waals surface area contributed by atoms with Crippen molar-refractivity contribution in [1.29, 1.82) is 0 Å². The fourth-order valence-corrected chi connectivity index (χ4v) is 2.36. The van der Waals surface area contributed by atoms with Crippen molar-refractivity contribution in [2.24, 2.45) is 5.41 Å². The first-order valence-corrected chi connectivity index (χ1v) is 6.81. The number of piperazine rings is 1. The monoisotopic (exact) mass is 275 g/mol. The Bertz CT molecular complexity index is 508. The number of carbonyl (C=O) groups excluding carboxylic acids is 2. The molecule has 1 saturated heterocycles. The van der Waals surface area contributed by atoms with Crippen molar-refractivity contribution in [2.75, 3.05) is 6.54 Å². The second kappa shape index (κ2) is 5.23. The average molecular weight is 275 g/mol. The Balaban J connectivity index is 2.27. The van der Waals surface area contributed by atoms with Crippen molar-refractivity contribution in [3.05, 3.63) is 30.1 Å². The topological polar surface area (TPSA) is 62.3 Å². The maximum atomic E-state index is 12.6. The van der Waals surface area contributed by atoms with Crippen LogP contribution in [-0.4, -0.2) is 34.3 Å². The fraction of sp³-hybridized carbons (Fsp3) is 0.533. The van der Waals surface area contributed by atoms with E-state index in [0.29, 0.717) is 0 Å². The van der Waals surface area contributed by atoms with Gasteiger partial charge in [0.05, 0.1) is 11.7 Å². The number of hydrogen-bond donors (Lipinski definition) is 1. The summed E-state index contributed by atoms with van der Waals surface area (Å²) in [5.41, 5.74) is 0.484. The molecule has 20 heavy (non-hydrogen) atoms. The molecule has 0 aliphatic carbocycles. The summed E-state index contributed by atoms with van der Waals surface area (Å²) in [5.74, 6) is -0.164. The van der Waals surface area contributed by atoms with Crippen molar-refractivity contribution < 1.29 is 9.59 Å². The minimum Gasteiger partial charge on any atom is -0.342 e. The molecular formula is C15H21N3O2. The van der Waals surface area contributed by atoms with Crippen LogP contribution in [0.4, 0.5) is 0 Å². The first-order valence-electron chi connectivity index (χ1n) is 6.81. The Labute approximate surface area is 119 Å². The van der Waals surface area contributed by atoms with Gasteiger partial charge >= 0.3 is 0 Å². The van der Waals surface area contributed by atoms with Crippen molar-refractivity contribution >= 4 is 11.8 Å². The van der Waals surface area contributed by atoms with Crippen LogP contribution in [0.1, 0.15) is 39.4 Å². The van der Waals surface area contributed by atoms with E-state index >= 15 is 0 Å². The minimum absolute atomic E-state index is 0.0461. The van der Waals surface area contributed by atoms with Crippen LogP contribution in [0.25, 0.3) is 0 Å². The maximum absolute atomic E-state index is 12.6. The molecule has 5 nitrogen and oxygen atoms in total. The molecular weight excluding hydrogens is 254 g/mol. The van der Waals surface area contributed by atoms with Crippen LogP contribution in [0.15, 0.2) is 24.4 Å². The summed E-state index contributed by atoms with van der Waals surface area (Å²) in [4.78, 5) is 30.4. The van der Waals surface area contributed by atoms with Crippen LogP contribution in [-0.2, 0) is 9.59 Å². The van der Waals surface area contributed by atoms with Gasteiger partial charge in [-0.3, -0.25) is 14.6 Å². The summed E-state index contributed by atoms with van der Waals surface area (Å²) < 4.78 is 0. The molecule has 0 aromatic carbocycles. The van der Waals surface area contributed by atoms with Crippen molar-refractivity contribution in [2.45, 2.75) is 39.8 Å². The predicted molar refractivity (Wildman–Crippen MR) is 75.8 cm³/mol. The second-order valence-corrected chi connectivity index (χ2v) is 6.26. The van der Waals surface area contributed by atoms with Crippen LogP contribution in [0.2, 0.25) is 0 Å². The minimum atomic E-state index is -0.491. The van der Waals surface area contributed by atoms with Crippen LogP contribution < -0.4 is 5.32 Å². The Morgan fingerprint density at radius 2 is 2.05 bits per heavy atom. The number of aromatic nitrogens is 1. The lowest BCUT2D eigenvalue weighted by atomic mass is 9.84. The van der Waals surface area contributed by atoms with Gasteiger partial charge < -0.3 is 10.2 Å². The van der Waals surface area contributed by atoms with Crippen molar-refractivity contribution in [1.82, 2.24) is 15.2 Å². The summed E-state index contributed by atoms with van der Waals surface area (Å²) in [5, 5.41) is 2.79. The molecule has 2 atom stereocenters. The molecule has 1 N–H and O–H groups in total. The molecule has 1 fully saturated rings. The molecule has 1 aliphatic rings. The zero-order chi connectivity index (χ0) is 14.9. The quantitative estimate of drug-likeness (QED) is 0.890. The smallest absolute Gasteiger partial charge is 0.246 e. The Kier molecular flexibility index (Phi) is 3.79. The highest BCUT2D eigenvalue weighted by molar-refractivity contribution is 5.95. The van der Waals surface area contributed by atoms with E-state index in [1.807, 2.05) is 45.9 Å². The van der Waals surface area contributed by atoms with Gasteiger partial charge in [-0.05, 0) is 24.5 Å². The zero-order valence-corrected chi connectivity index (χ0v) is 12.4. The van der Waals surface area contributed by atoms with Gasteiger partial charge in [-0.25, -0.2) is 0 Å². The van der Waals surface area contributed by atoms with E-state index in [1.165, 1.54) is 0 Å². The molecule has 2 amide bonds. The second-order valence-electron chi connectivity index (χ2n) is 6.26. The van der Waals surface area contributed by atoms with Gasteiger partial charge in [0, 0.05) is 6.20 Å². The summed E-state index contributed by atoms with van der Waals surface area (Å²) in [6.45, 7) is 7.84. The molecule has 0 saturated carbocycles. The lowest BCUT2D eigenvalue weighted by Crippen LogP contribution is -2.62. The van der Waals surface area contributed by atoms with Gasteiger partial charge in [0.2, 0.25) is 11.8 Å². The highest BCUT2D eigenvalue weighted by Gasteiger charge is 2.41. The highest BCUT2D eigenvalue weighted by atomic mass is 16.2. The first-order chi connectivity index (χ1) is 9.30. The van der Waals surface area contributed by atoms with Gasteiger partial charge in [0.25, 0.3) is 0 Å². The maximum Gasteiger partial charge on any atom is 0.246 e. The van der Waals surface area contributed by atoms with Gasteiger partial charge in [0.15, 0.2) is 0 Å². The van der Waals surface area contributed by atoms with Crippen molar-refractivity contribution in [3.63, 3.8) is 0 Å². The van der Waals surface area contributed by atoms with Gasteiger partial charge in [-0.1, -0.05) is 26.8 Å². The molecule has 2 unspecified atom stereocenters. The molecule has 108 valence electrons. The fourth-order valence-electron chi connectivity index (χ4n) is 2.36. The summed E-state index contributed by atoms with van der Waals surface area (Å²) in [6.07, 6.45) is 1.70. The van der Waals surface area contributed by atoms with E-state index in [4.69, 9.17) is 0 Å². The Morgan fingerprint density at radius 1 is 1.35 bits per heavy atom. The molecule has 5 heteroatoms. The number of pyridine rings is 1. The lowest BCUT2D eigenvalue weighted by Gasteiger charge is -2.41. The van der Waals surface area contributed by atoms with E-state index in [-0.39, 0.29) is 29.8 Å². The van der Waals surface area contributed by atoms with Gasteiger partial charge in [0.1, 0.15) is 12.6 Å². The third kappa shape index (κ3) is 2.81. The largest absolute Gasteiger partial charge is 0.342 e. The number of nitrogens with one attached hydrogen (secondary N) is 1. The molecule has 2 heterocycles. The van der Waals surface area contributed by atoms with E-state index in [1.54, 1.807) is 11.1 Å². The predicted octanol–water partition coefficient (Wildman–Crippen LogP) is 1.52. The Hall–Kier alpha value is -1.91.